The molecule has 0 atom stereocenters. The summed E-state index contributed by atoms with van der Waals surface area (Å²) in [5.74, 6) is 0.874. The number of guanidine groups is 1. The first-order chi connectivity index (χ1) is 13.1. The molecule has 0 unspecified atom stereocenters. The van der Waals surface area contributed by atoms with Crippen LogP contribution in [0.3, 0.4) is 0 Å². The van der Waals surface area contributed by atoms with Gasteiger partial charge in [-0.25, -0.2) is 4.98 Å². The maximum Gasteiger partial charge on any atom is 0.191 e. The number of hydrogen-bond donors (Lipinski definition) is 3. The molecule has 0 saturated carbocycles. The van der Waals surface area contributed by atoms with Gasteiger partial charge in [-0.05, 0) is 51.3 Å². The summed E-state index contributed by atoms with van der Waals surface area (Å²) in [5.41, 5.74) is 5.01. The molecule has 144 valence electrons. The van der Waals surface area contributed by atoms with Gasteiger partial charge < -0.3 is 15.6 Å². The number of nitrogens with zero attached hydrogens (tertiary/aromatic N) is 2. The third-order valence-electron chi connectivity index (χ3n) is 4.70. The summed E-state index contributed by atoms with van der Waals surface area (Å²) >= 11 is 1.77. The van der Waals surface area contributed by atoms with E-state index < -0.39 is 0 Å². The molecule has 2 aromatic heterocycles. The highest BCUT2D eigenvalue weighted by atomic mass is 32.1. The summed E-state index contributed by atoms with van der Waals surface area (Å²) in [5, 5.41) is 9.29. The highest BCUT2D eigenvalue weighted by Crippen LogP contribution is 2.22. The van der Waals surface area contributed by atoms with Crippen LogP contribution in [0.5, 0.6) is 0 Å². The second-order valence-corrected chi connectivity index (χ2v) is 8.04. The summed E-state index contributed by atoms with van der Waals surface area (Å²) in [4.78, 5) is 14.0. The molecule has 0 saturated heterocycles. The minimum atomic E-state index is 0.744. The quantitative estimate of drug-likeness (QED) is 0.428. The molecule has 6 heteroatoms. The van der Waals surface area contributed by atoms with Gasteiger partial charge in [-0.3, -0.25) is 4.99 Å². The number of aliphatic imine (C=N–C) groups is 1. The van der Waals surface area contributed by atoms with Crippen molar-refractivity contribution in [2.45, 2.75) is 40.5 Å². The van der Waals surface area contributed by atoms with Crippen molar-refractivity contribution in [3.63, 3.8) is 0 Å². The van der Waals surface area contributed by atoms with Gasteiger partial charge in [-0.15, -0.1) is 11.3 Å². The second-order valence-electron chi connectivity index (χ2n) is 6.75. The predicted molar refractivity (Wildman–Crippen MR) is 116 cm³/mol. The van der Waals surface area contributed by atoms with Crippen LogP contribution in [0.1, 0.15) is 33.6 Å². The van der Waals surface area contributed by atoms with Crippen LogP contribution in [-0.2, 0) is 12.8 Å². The maximum absolute atomic E-state index is 4.70. The van der Waals surface area contributed by atoms with E-state index in [-0.39, 0.29) is 0 Å². The number of H-pyrrole nitrogens is 1. The van der Waals surface area contributed by atoms with E-state index in [0.717, 1.165) is 44.1 Å². The van der Waals surface area contributed by atoms with Crippen LogP contribution in [0.25, 0.3) is 10.9 Å². The average molecular weight is 384 g/mol. The molecule has 0 radical (unpaired) electrons. The SMILES string of the molecule is CCNC(=NCCc1nc(C)c(C)s1)NCCc1c[nH]c2cccc(C)c12. The Morgan fingerprint density at radius 3 is 2.78 bits per heavy atom. The number of hydrogen-bond acceptors (Lipinski definition) is 3. The van der Waals surface area contributed by atoms with E-state index in [9.17, 15) is 0 Å². The number of fused-ring (bicyclic) bond motifs is 1. The van der Waals surface area contributed by atoms with E-state index in [1.165, 1.54) is 31.9 Å². The van der Waals surface area contributed by atoms with Gasteiger partial charge >= 0.3 is 0 Å². The number of nitrogens with one attached hydrogen (secondary N) is 3. The van der Waals surface area contributed by atoms with Crippen LogP contribution in [0.2, 0.25) is 0 Å². The van der Waals surface area contributed by atoms with E-state index >= 15 is 0 Å². The monoisotopic (exact) mass is 383 g/mol. The van der Waals surface area contributed by atoms with Crippen LogP contribution in [-0.4, -0.2) is 35.6 Å². The normalized spacial score (nSPS) is 11.9. The summed E-state index contributed by atoms with van der Waals surface area (Å²) in [6.45, 7) is 10.9. The van der Waals surface area contributed by atoms with Gasteiger partial charge in [0, 0.05) is 48.0 Å². The Morgan fingerprint density at radius 1 is 1.19 bits per heavy atom. The highest BCUT2D eigenvalue weighted by molar-refractivity contribution is 7.11. The van der Waals surface area contributed by atoms with E-state index in [2.05, 4.69) is 72.7 Å². The molecule has 0 bridgehead atoms. The molecule has 1 aromatic carbocycles. The number of aromatic amines is 1. The van der Waals surface area contributed by atoms with E-state index in [1.54, 1.807) is 11.3 Å². The first-order valence-corrected chi connectivity index (χ1v) is 10.4. The molecule has 0 aliphatic heterocycles. The standard InChI is InChI=1S/C21H29N5S/c1-5-22-21(24-12-10-19-26-15(3)16(4)27-19)23-11-9-17-13-25-18-8-6-7-14(2)20(17)18/h6-8,13,25H,5,9-12H2,1-4H3,(H2,22,23,24). The van der Waals surface area contributed by atoms with Crippen LogP contribution in [0.4, 0.5) is 0 Å². The molecule has 3 rings (SSSR count). The Kier molecular flexibility index (Phi) is 6.50. The molecule has 0 spiro atoms. The first kappa shape index (κ1) is 19.4. The Labute approximate surface area is 165 Å². The maximum atomic E-state index is 4.70. The van der Waals surface area contributed by atoms with Gasteiger partial charge in [0.05, 0.1) is 10.7 Å². The van der Waals surface area contributed by atoms with E-state index in [1.807, 2.05) is 0 Å². The first-order valence-electron chi connectivity index (χ1n) is 9.59. The zero-order valence-corrected chi connectivity index (χ0v) is 17.5. The zero-order valence-electron chi connectivity index (χ0n) is 16.6. The van der Waals surface area contributed by atoms with Crippen molar-refractivity contribution in [3.8, 4) is 0 Å². The minimum Gasteiger partial charge on any atom is -0.361 e. The third-order valence-corrected chi connectivity index (χ3v) is 5.83. The molecular weight excluding hydrogens is 354 g/mol. The molecular formula is C21H29N5S. The summed E-state index contributed by atoms with van der Waals surface area (Å²) in [6.07, 6.45) is 3.97. The number of rotatable bonds is 7. The molecule has 0 amide bonds. The summed E-state index contributed by atoms with van der Waals surface area (Å²) in [7, 11) is 0. The highest BCUT2D eigenvalue weighted by Gasteiger charge is 2.07. The van der Waals surface area contributed by atoms with Crippen molar-refractivity contribution < 1.29 is 0 Å². The summed E-state index contributed by atoms with van der Waals surface area (Å²) in [6, 6.07) is 6.39. The molecule has 3 N–H and O–H groups in total. The lowest BCUT2D eigenvalue weighted by molar-refractivity contribution is 0.797. The second kappa shape index (κ2) is 9.04. The Bertz CT molecular complexity index is 902. The van der Waals surface area contributed by atoms with Crippen molar-refractivity contribution in [2.24, 2.45) is 4.99 Å². The third kappa shape index (κ3) is 4.89. The van der Waals surface area contributed by atoms with Crippen LogP contribution < -0.4 is 10.6 Å². The van der Waals surface area contributed by atoms with Gasteiger partial charge in [0.25, 0.3) is 0 Å². The Morgan fingerprint density at radius 2 is 2.04 bits per heavy atom. The van der Waals surface area contributed by atoms with Gasteiger partial charge in [-0.2, -0.15) is 0 Å². The van der Waals surface area contributed by atoms with Crippen molar-refractivity contribution in [1.29, 1.82) is 0 Å². The van der Waals surface area contributed by atoms with Crippen molar-refractivity contribution >= 4 is 28.2 Å². The lowest BCUT2D eigenvalue weighted by atomic mass is 10.1. The number of thiazole rings is 1. The fourth-order valence-corrected chi connectivity index (χ4v) is 4.14. The number of aromatic nitrogens is 2. The largest absolute Gasteiger partial charge is 0.361 e. The molecule has 3 aromatic rings. The molecule has 2 heterocycles. The minimum absolute atomic E-state index is 0.744. The van der Waals surface area contributed by atoms with Crippen LogP contribution in [0, 0.1) is 20.8 Å². The van der Waals surface area contributed by atoms with E-state index in [0.29, 0.717) is 0 Å². The molecule has 27 heavy (non-hydrogen) atoms. The van der Waals surface area contributed by atoms with Crippen LogP contribution >= 0.6 is 11.3 Å². The van der Waals surface area contributed by atoms with Gasteiger partial charge in [0.2, 0.25) is 0 Å². The van der Waals surface area contributed by atoms with Gasteiger partial charge in [0.1, 0.15) is 0 Å². The zero-order chi connectivity index (χ0) is 19.2. The van der Waals surface area contributed by atoms with Gasteiger partial charge in [0.15, 0.2) is 5.96 Å². The fraction of sp³-hybridized carbons (Fsp3) is 0.429. The Hall–Kier alpha value is -2.34. The topological polar surface area (TPSA) is 65.1 Å². The smallest absolute Gasteiger partial charge is 0.191 e. The van der Waals surface area contributed by atoms with Crippen molar-refractivity contribution in [2.75, 3.05) is 19.6 Å². The fourth-order valence-electron chi connectivity index (χ4n) is 3.22. The molecule has 5 nitrogen and oxygen atoms in total. The average Bonchev–Trinajstić information content (AvgIpc) is 3.19. The van der Waals surface area contributed by atoms with Crippen molar-refractivity contribution in [3.05, 3.63) is 51.1 Å². The Balaban J connectivity index is 1.55. The van der Waals surface area contributed by atoms with Gasteiger partial charge in [-0.1, -0.05) is 12.1 Å². The van der Waals surface area contributed by atoms with E-state index in [4.69, 9.17) is 4.99 Å². The molecule has 0 aliphatic rings. The lowest BCUT2D eigenvalue weighted by Gasteiger charge is -2.11. The lowest BCUT2D eigenvalue weighted by Crippen LogP contribution is -2.38. The molecule has 0 fully saturated rings. The van der Waals surface area contributed by atoms with Crippen LogP contribution in [0.15, 0.2) is 29.4 Å². The summed E-state index contributed by atoms with van der Waals surface area (Å²) < 4.78 is 0. The number of benzene rings is 1. The number of aryl methyl sites for hydroxylation is 3. The predicted octanol–water partition coefficient (Wildman–Crippen LogP) is 3.89. The van der Waals surface area contributed by atoms with Crippen molar-refractivity contribution in [1.82, 2.24) is 20.6 Å². The molecule has 0 aliphatic carbocycles.